The number of nitrogens with one attached hydrogen (secondary N) is 1. The summed E-state index contributed by atoms with van der Waals surface area (Å²) >= 11 is 0. The highest BCUT2D eigenvalue weighted by Crippen LogP contribution is 2.22. The van der Waals surface area contributed by atoms with E-state index < -0.39 is 5.97 Å². The number of morpholine rings is 1. The zero-order chi connectivity index (χ0) is 24.9. The molecule has 2 aliphatic rings. The van der Waals surface area contributed by atoms with E-state index >= 15 is 0 Å². The second kappa shape index (κ2) is 10.9. The van der Waals surface area contributed by atoms with Crippen LogP contribution in [0.1, 0.15) is 46.3 Å². The number of rotatable bonds is 7. The highest BCUT2D eigenvalue weighted by Gasteiger charge is 2.31. The Kier molecular flexibility index (Phi) is 7.67. The van der Waals surface area contributed by atoms with E-state index in [2.05, 4.69) is 10.4 Å². The first-order chi connectivity index (χ1) is 16.9. The first-order valence-corrected chi connectivity index (χ1v) is 11.8. The highest BCUT2D eigenvalue weighted by molar-refractivity contribution is 5.99. The van der Waals surface area contributed by atoms with Crippen molar-refractivity contribution in [3.05, 3.63) is 41.2 Å². The van der Waals surface area contributed by atoms with Gasteiger partial charge in [0.1, 0.15) is 18.1 Å². The maximum atomic E-state index is 13.4. The monoisotopic (exact) mass is 485 g/mol. The minimum atomic E-state index is -0.574. The summed E-state index contributed by atoms with van der Waals surface area (Å²) in [5, 5.41) is 11.3. The van der Waals surface area contributed by atoms with Gasteiger partial charge < -0.3 is 19.5 Å². The first-order valence-electron chi connectivity index (χ1n) is 11.8. The van der Waals surface area contributed by atoms with Crippen LogP contribution in [0.2, 0.25) is 0 Å². The van der Waals surface area contributed by atoms with Crippen LogP contribution < -0.4 is 10.1 Å². The van der Waals surface area contributed by atoms with Crippen molar-refractivity contribution >= 4 is 17.8 Å². The van der Waals surface area contributed by atoms with Gasteiger partial charge in [0.15, 0.2) is 5.69 Å². The van der Waals surface area contributed by atoms with Crippen molar-refractivity contribution < 1.29 is 28.6 Å². The van der Waals surface area contributed by atoms with Gasteiger partial charge in [-0.3, -0.25) is 14.6 Å². The van der Waals surface area contributed by atoms with Crippen LogP contribution in [0.15, 0.2) is 24.3 Å². The zero-order valence-corrected chi connectivity index (χ0v) is 20.3. The van der Waals surface area contributed by atoms with Gasteiger partial charge in [0.2, 0.25) is 0 Å². The predicted molar refractivity (Wildman–Crippen MR) is 125 cm³/mol. The van der Waals surface area contributed by atoms with Crippen molar-refractivity contribution in [1.82, 2.24) is 25.1 Å². The quantitative estimate of drug-likeness (QED) is 0.584. The van der Waals surface area contributed by atoms with Gasteiger partial charge in [-0.25, -0.2) is 14.5 Å². The molecule has 11 heteroatoms. The molecule has 2 fully saturated rings. The second-order valence-corrected chi connectivity index (χ2v) is 8.42. The number of hydrogen-bond donors (Lipinski definition) is 1. The zero-order valence-electron chi connectivity index (χ0n) is 20.3. The van der Waals surface area contributed by atoms with Gasteiger partial charge in [-0.05, 0) is 51.0 Å². The van der Waals surface area contributed by atoms with Gasteiger partial charge in [-0.2, -0.15) is 5.10 Å². The minimum absolute atomic E-state index is 0.0377. The Balaban J connectivity index is 1.52. The van der Waals surface area contributed by atoms with Crippen LogP contribution in [0.4, 0.5) is 0 Å². The molecule has 0 radical (unpaired) electrons. The fourth-order valence-electron chi connectivity index (χ4n) is 4.38. The van der Waals surface area contributed by atoms with E-state index in [1.807, 2.05) is 5.01 Å². The molecule has 0 unspecified atom stereocenters. The standard InChI is InChI=1S/C24H31N5O6/c1-4-35-24(32)21-16(2)22(29(26-21)18-5-7-19(33-3)8-6-18)23(31)25-17-9-11-27(12-10-17)28-13-14-34-15-20(28)30/h5-8,17H,4,9-15H2,1-3H3,(H,25,31). The van der Waals surface area contributed by atoms with Crippen LogP contribution in [0.25, 0.3) is 5.69 Å². The molecule has 2 saturated heterocycles. The van der Waals surface area contributed by atoms with Gasteiger partial charge >= 0.3 is 5.97 Å². The van der Waals surface area contributed by atoms with Gasteiger partial charge in [0, 0.05) is 24.7 Å². The third-order valence-corrected chi connectivity index (χ3v) is 6.23. The average Bonchev–Trinajstić information content (AvgIpc) is 3.22. The van der Waals surface area contributed by atoms with E-state index in [1.165, 1.54) is 4.68 Å². The number of aromatic nitrogens is 2. The van der Waals surface area contributed by atoms with Crippen molar-refractivity contribution in [2.24, 2.45) is 0 Å². The first kappa shape index (κ1) is 24.7. The molecule has 1 aromatic heterocycles. The van der Waals surface area contributed by atoms with Crippen molar-refractivity contribution in [3.63, 3.8) is 0 Å². The third-order valence-electron chi connectivity index (χ3n) is 6.23. The molecule has 0 saturated carbocycles. The molecule has 2 aliphatic heterocycles. The van der Waals surface area contributed by atoms with Crippen LogP contribution in [0.3, 0.4) is 0 Å². The summed E-state index contributed by atoms with van der Waals surface area (Å²) in [5.41, 5.74) is 1.46. The van der Waals surface area contributed by atoms with E-state index in [0.717, 1.165) is 0 Å². The number of benzene rings is 1. The van der Waals surface area contributed by atoms with Crippen molar-refractivity contribution in [1.29, 1.82) is 0 Å². The molecule has 1 N–H and O–H groups in total. The summed E-state index contributed by atoms with van der Waals surface area (Å²) < 4.78 is 17.0. The van der Waals surface area contributed by atoms with E-state index in [0.29, 0.717) is 56.1 Å². The topological polar surface area (TPSA) is 115 Å². The number of nitrogens with zero attached hydrogens (tertiary/aromatic N) is 4. The molecule has 4 rings (SSSR count). The lowest BCUT2D eigenvalue weighted by atomic mass is 10.1. The number of ether oxygens (including phenoxy) is 3. The normalized spacial score (nSPS) is 17.3. The fourth-order valence-corrected chi connectivity index (χ4v) is 4.38. The fraction of sp³-hybridized carbons (Fsp3) is 0.500. The van der Waals surface area contributed by atoms with Gasteiger partial charge in [0.25, 0.3) is 11.8 Å². The summed E-state index contributed by atoms with van der Waals surface area (Å²) in [6.07, 6.45) is 1.38. The summed E-state index contributed by atoms with van der Waals surface area (Å²) in [6, 6.07) is 7.00. The van der Waals surface area contributed by atoms with Crippen molar-refractivity contribution in [3.8, 4) is 11.4 Å². The summed E-state index contributed by atoms with van der Waals surface area (Å²) in [6.45, 7) is 6.11. The molecule has 0 aliphatic carbocycles. The van der Waals surface area contributed by atoms with E-state index in [1.54, 1.807) is 50.2 Å². The van der Waals surface area contributed by atoms with Crippen molar-refractivity contribution in [2.45, 2.75) is 32.7 Å². The van der Waals surface area contributed by atoms with Gasteiger partial charge in [-0.1, -0.05) is 0 Å². The van der Waals surface area contributed by atoms with Crippen LogP contribution in [0, 0.1) is 6.92 Å². The molecule has 35 heavy (non-hydrogen) atoms. The number of esters is 1. The lowest BCUT2D eigenvalue weighted by molar-refractivity contribution is -0.167. The maximum Gasteiger partial charge on any atom is 0.359 e. The largest absolute Gasteiger partial charge is 0.497 e. The maximum absolute atomic E-state index is 13.4. The molecular weight excluding hydrogens is 454 g/mol. The smallest absolute Gasteiger partial charge is 0.359 e. The molecular formula is C24H31N5O6. The van der Waals surface area contributed by atoms with Gasteiger partial charge in [0.05, 0.1) is 32.6 Å². The molecule has 0 bridgehead atoms. The Morgan fingerprint density at radius 2 is 1.89 bits per heavy atom. The molecule has 2 amide bonds. The number of methoxy groups -OCH3 is 1. The Morgan fingerprint density at radius 3 is 2.51 bits per heavy atom. The van der Waals surface area contributed by atoms with E-state index in [-0.39, 0.29) is 42.5 Å². The molecule has 1 aromatic carbocycles. The summed E-state index contributed by atoms with van der Waals surface area (Å²) in [7, 11) is 1.57. The minimum Gasteiger partial charge on any atom is -0.497 e. The average molecular weight is 486 g/mol. The van der Waals surface area contributed by atoms with Crippen LogP contribution in [0.5, 0.6) is 5.75 Å². The lowest BCUT2D eigenvalue weighted by Crippen LogP contribution is -2.56. The number of amides is 2. The number of hydrazine groups is 1. The molecule has 0 spiro atoms. The van der Waals surface area contributed by atoms with Crippen molar-refractivity contribution in [2.75, 3.05) is 46.6 Å². The third kappa shape index (κ3) is 5.30. The summed E-state index contributed by atoms with van der Waals surface area (Å²) in [4.78, 5) is 38.1. The molecule has 11 nitrogen and oxygen atoms in total. The van der Waals surface area contributed by atoms with Crippen LogP contribution in [-0.2, 0) is 14.3 Å². The molecule has 0 atom stereocenters. The van der Waals surface area contributed by atoms with Gasteiger partial charge in [-0.15, -0.1) is 0 Å². The number of hydrogen-bond acceptors (Lipinski definition) is 8. The molecule has 2 aromatic rings. The summed E-state index contributed by atoms with van der Waals surface area (Å²) in [5.74, 6) is -0.263. The number of carbonyl (C=O) groups excluding carboxylic acids is 3. The lowest BCUT2D eigenvalue weighted by Gasteiger charge is -2.41. The second-order valence-electron chi connectivity index (χ2n) is 8.42. The number of piperidine rings is 1. The molecule has 188 valence electrons. The SMILES string of the molecule is CCOC(=O)c1nn(-c2ccc(OC)cc2)c(C(=O)NC2CCN(N3CCOCC3=O)CC2)c1C. The van der Waals surface area contributed by atoms with Crippen LogP contribution >= 0.6 is 0 Å². The molecule has 3 heterocycles. The number of carbonyl (C=O) groups is 3. The van der Waals surface area contributed by atoms with E-state index in [9.17, 15) is 14.4 Å². The Labute approximate surface area is 203 Å². The van der Waals surface area contributed by atoms with Crippen LogP contribution in [-0.4, -0.2) is 90.2 Å². The highest BCUT2D eigenvalue weighted by atomic mass is 16.5. The predicted octanol–water partition coefficient (Wildman–Crippen LogP) is 1.33. The Morgan fingerprint density at radius 1 is 1.17 bits per heavy atom. The Hall–Kier alpha value is -3.44. The Bertz CT molecular complexity index is 1070. The van der Waals surface area contributed by atoms with E-state index in [4.69, 9.17) is 14.2 Å².